The van der Waals surface area contributed by atoms with Gasteiger partial charge in [-0.3, -0.25) is 0 Å². The molecule has 0 radical (unpaired) electrons. The number of hydrogen-bond acceptors (Lipinski definition) is 3. The largest absolute Gasteiger partial charge is 0.449 e. The van der Waals surface area contributed by atoms with Crippen LogP contribution in [0, 0.1) is 0 Å². The number of urea groups is 1. The second-order valence-corrected chi connectivity index (χ2v) is 6.16. The second kappa shape index (κ2) is 8.36. The Bertz CT molecular complexity index is 509. The van der Waals surface area contributed by atoms with Gasteiger partial charge in [-0.05, 0) is 31.7 Å². The fourth-order valence-electron chi connectivity index (χ4n) is 2.64. The minimum Gasteiger partial charge on any atom is -0.449 e. The molecule has 120 valence electrons. The highest BCUT2D eigenvalue weighted by Crippen LogP contribution is 2.20. The Hall–Kier alpha value is -1.31. The number of benzene rings is 1. The van der Waals surface area contributed by atoms with Crippen LogP contribution >= 0.6 is 22.6 Å². The summed E-state index contributed by atoms with van der Waals surface area (Å²) in [5, 5.41) is 2.92. The molecule has 1 aromatic carbocycles. The zero-order valence-electron chi connectivity index (χ0n) is 12.6. The molecule has 2 rings (SSSR count). The lowest BCUT2D eigenvalue weighted by Crippen LogP contribution is -2.59. The van der Waals surface area contributed by atoms with Gasteiger partial charge in [0.2, 0.25) is 0 Å². The van der Waals surface area contributed by atoms with Crippen molar-refractivity contribution in [1.29, 1.82) is 0 Å². The van der Waals surface area contributed by atoms with E-state index in [9.17, 15) is 9.59 Å². The average molecular weight is 416 g/mol. The van der Waals surface area contributed by atoms with Gasteiger partial charge < -0.3 is 10.1 Å². The van der Waals surface area contributed by atoms with Crippen LogP contribution in [0.15, 0.2) is 30.3 Å². The highest BCUT2D eigenvalue weighted by Gasteiger charge is 2.37. The number of aryl methyl sites for hydroxylation is 1. The maximum Gasteiger partial charge on any atom is 0.418 e. The van der Waals surface area contributed by atoms with E-state index >= 15 is 0 Å². The summed E-state index contributed by atoms with van der Waals surface area (Å²) in [7, 11) is 0. The van der Waals surface area contributed by atoms with E-state index in [4.69, 9.17) is 4.74 Å². The van der Waals surface area contributed by atoms with Gasteiger partial charge in [-0.1, -0.05) is 52.9 Å². The molecule has 1 aliphatic rings. The van der Waals surface area contributed by atoms with E-state index in [2.05, 4.69) is 40.0 Å². The van der Waals surface area contributed by atoms with Crippen LogP contribution in [-0.4, -0.2) is 40.1 Å². The molecular formula is C16H21IN2O3. The molecule has 1 fully saturated rings. The molecule has 0 aliphatic carbocycles. The van der Waals surface area contributed by atoms with E-state index in [1.165, 1.54) is 10.5 Å². The third kappa shape index (κ3) is 4.34. The van der Waals surface area contributed by atoms with Crippen molar-refractivity contribution in [3.05, 3.63) is 35.9 Å². The molecule has 22 heavy (non-hydrogen) atoms. The van der Waals surface area contributed by atoms with E-state index < -0.39 is 6.09 Å². The Morgan fingerprint density at radius 3 is 2.77 bits per heavy atom. The minimum absolute atomic E-state index is 0.0955. The third-order valence-corrected chi connectivity index (χ3v) is 4.75. The summed E-state index contributed by atoms with van der Waals surface area (Å²) >= 11 is 2.21. The Labute approximate surface area is 144 Å². The van der Waals surface area contributed by atoms with Gasteiger partial charge in [0.15, 0.2) is 0 Å². The van der Waals surface area contributed by atoms with E-state index in [1.807, 2.05) is 18.2 Å². The van der Waals surface area contributed by atoms with Crippen LogP contribution in [0.5, 0.6) is 0 Å². The highest BCUT2D eigenvalue weighted by molar-refractivity contribution is 14.1. The van der Waals surface area contributed by atoms with Crippen molar-refractivity contribution in [2.24, 2.45) is 0 Å². The van der Waals surface area contributed by atoms with Crippen LogP contribution < -0.4 is 5.32 Å². The molecule has 0 aromatic heterocycles. The monoisotopic (exact) mass is 416 g/mol. The molecule has 1 N–H and O–H groups in total. The quantitative estimate of drug-likeness (QED) is 0.592. The van der Waals surface area contributed by atoms with Gasteiger partial charge in [-0.2, -0.15) is 0 Å². The van der Waals surface area contributed by atoms with Gasteiger partial charge in [0.25, 0.3) is 0 Å². The molecule has 1 saturated heterocycles. The van der Waals surface area contributed by atoms with E-state index in [1.54, 1.807) is 6.92 Å². The van der Waals surface area contributed by atoms with Gasteiger partial charge >= 0.3 is 12.1 Å². The predicted molar refractivity (Wildman–Crippen MR) is 93.2 cm³/mol. The number of nitrogens with one attached hydrogen (secondary N) is 1. The summed E-state index contributed by atoms with van der Waals surface area (Å²) in [5.41, 5.74) is 1.26. The molecule has 1 heterocycles. The molecule has 3 amide bonds. The molecule has 0 saturated carbocycles. The van der Waals surface area contributed by atoms with Gasteiger partial charge in [0, 0.05) is 10.5 Å². The summed E-state index contributed by atoms with van der Waals surface area (Å²) in [6.45, 7) is 2.01. The van der Waals surface area contributed by atoms with Crippen molar-refractivity contribution in [2.45, 2.75) is 38.3 Å². The van der Waals surface area contributed by atoms with Crippen molar-refractivity contribution in [3.63, 3.8) is 0 Å². The zero-order chi connectivity index (χ0) is 15.9. The first kappa shape index (κ1) is 17.1. The molecule has 0 bridgehead atoms. The van der Waals surface area contributed by atoms with Crippen LogP contribution in [-0.2, 0) is 11.2 Å². The summed E-state index contributed by atoms with van der Waals surface area (Å²) in [4.78, 5) is 25.3. The average Bonchev–Trinajstić information content (AvgIpc) is 2.53. The number of imide groups is 1. The van der Waals surface area contributed by atoms with Crippen molar-refractivity contribution in [1.82, 2.24) is 10.2 Å². The van der Waals surface area contributed by atoms with Gasteiger partial charge in [-0.15, -0.1) is 0 Å². The predicted octanol–water partition coefficient (Wildman–Crippen LogP) is 3.36. The van der Waals surface area contributed by atoms with E-state index in [0.29, 0.717) is 4.43 Å². The van der Waals surface area contributed by atoms with Gasteiger partial charge in [0.05, 0.1) is 12.6 Å². The lowest BCUT2D eigenvalue weighted by atomic mass is 9.98. The van der Waals surface area contributed by atoms with Gasteiger partial charge in [0.1, 0.15) is 0 Å². The second-order valence-electron chi connectivity index (χ2n) is 5.28. The van der Waals surface area contributed by atoms with E-state index in [-0.39, 0.29) is 24.7 Å². The Morgan fingerprint density at radius 1 is 1.41 bits per heavy atom. The first-order valence-corrected chi connectivity index (χ1v) is 9.04. The van der Waals surface area contributed by atoms with Crippen LogP contribution in [0.25, 0.3) is 0 Å². The number of ether oxygens (including phenoxy) is 1. The molecular weight excluding hydrogens is 395 g/mol. The maximum absolute atomic E-state index is 12.2. The van der Waals surface area contributed by atoms with Crippen molar-refractivity contribution >= 4 is 34.7 Å². The number of nitrogens with zero attached hydrogens (tertiary/aromatic N) is 1. The lowest BCUT2D eigenvalue weighted by molar-refractivity contribution is 0.0911. The number of amides is 3. The van der Waals surface area contributed by atoms with Crippen LogP contribution in [0.4, 0.5) is 9.59 Å². The fraction of sp³-hybridized carbons (Fsp3) is 0.500. The normalized spacial score (nSPS) is 21.4. The number of carbonyl (C=O) groups is 2. The Morgan fingerprint density at radius 2 is 2.14 bits per heavy atom. The summed E-state index contributed by atoms with van der Waals surface area (Å²) < 4.78 is 5.69. The number of carbonyl (C=O) groups excluding carboxylic acids is 2. The van der Waals surface area contributed by atoms with Crippen LogP contribution in [0.2, 0.25) is 0 Å². The van der Waals surface area contributed by atoms with E-state index in [0.717, 1.165) is 19.3 Å². The first-order valence-electron chi connectivity index (χ1n) is 7.52. The lowest BCUT2D eigenvalue weighted by Gasteiger charge is -2.37. The topological polar surface area (TPSA) is 58.6 Å². The number of alkyl halides is 1. The number of rotatable bonds is 5. The molecule has 6 heteroatoms. The third-order valence-electron chi connectivity index (χ3n) is 3.74. The van der Waals surface area contributed by atoms with Crippen LogP contribution in [0.3, 0.4) is 0 Å². The highest BCUT2D eigenvalue weighted by atomic mass is 127. The SMILES string of the molecule is CCOC(=O)N1C(=O)N[C@H](CCc2ccccc2)C[C@H]1CI. The summed E-state index contributed by atoms with van der Waals surface area (Å²) in [6, 6.07) is 9.86. The van der Waals surface area contributed by atoms with Gasteiger partial charge in [-0.25, -0.2) is 14.5 Å². The Kier molecular flexibility index (Phi) is 6.48. The maximum atomic E-state index is 12.2. The summed E-state index contributed by atoms with van der Waals surface area (Å²) in [5.74, 6) is 0. The molecule has 1 aromatic rings. The minimum atomic E-state index is -0.553. The first-order chi connectivity index (χ1) is 10.7. The fourth-order valence-corrected chi connectivity index (χ4v) is 3.39. The van der Waals surface area contributed by atoms with Crippen molar-refractivity contribution < 1.29 is 14.3 Å². The summed E-state index contributed by atoms with van der Waals surface area (Å²) in [6.07, 6.45) is 2.00. The van der Waals surface area contributed by atoms with Crippen molar-refractivity contribution in [2.75, 3.05) is 11.0 Å². The molecule has 2 atom stereocenters. The standard InChI is InChI=1S/C16H21IN2O3/c1-2-22-16(21)19-14(11-17)10-13(18-15(19)20)9-8-12-6-4-3-5-7-12/h3-7,13-14H,2,8-11H2,1H3,(H,18,20)/t13-,14+/m1/s1. The van der Waals surface area contributed by atoms with Crippen LogP contribution in [0.1, 0.15) is 25.3 Å². The molecule has 1 aliphatic heterocycles. The van der Waals surface area contributed by atoms with Crippen molar-refractivity contribution in [3.8, 4) is 0 Å². The molecule has 0 unspecified atom stereocenters. The number of hydrogen-bond donors (Lipinski definition) is 1. The molecule has 5 nitrogen and oxygen atoms in total. The number of halogens is 1. The Balaban J connectivity index is 1.95. The molecule has 0 spiro atoms. The zero-order valence-corrected chi connectivity index (χ0v) is 14.8. The smallest absolute Gasteiger partial charge is 0.418 e.